The highest BCUT2D eigenvalue weighted by molar-refractivity contribution is 6.33. The van der Waals surface area contributed by atoms with Crippen molar-refractivity contribution in [3.05, 3.63) is 35.0 Å². The van der Waals surface area contributed by atoms with Crippen molar-refractivity contribution in [1.29, 1.82) is 5.26 Å². The van der Waals surface area contributed by atoms with Gasteiger partial charge in [0, 0.05) is 17.6 Å². The van der Waals surface area contributed by atoms with E-state index in [9.17, 15) is 10.4 Å². The van der Waals surface area contributed by atoms with Gasteiger partial charge in [-0.3, -0.25) is 0 Å². The van der Waals surface area contributed by atoms with E-state index < -0.39 is 11.4 Å². The molecule has 1 aromatic carbocycles. The molecule has 0 saturated heterocycles. The second-order valence-corrected chi connectivity index (χ2v) is 11.2. The van der Waals surface area contributed by atoms with E-state index in [1.165, 1.54) is 12.3 Å². The number of nitriles is 1. The topological polar surface area (TPSA) is 109 Å². The largest absolute Gasteiger partial charge is 0.383 e. The van der Waals surface area contributed by atoms with Crippen LogP contribution in [0.25, 0.3) is 22.3 Å². The highest BCUT2D eigenvalue weighted by Crippen LogP contribution is 2.35. The number of nitrogens with zero attached hydrogens (tertiary/aromatic N) is 5. The lowest BCUT2D eigenvalue weighted by Crippen LogP contribution is -2.38. The molecule has 198 valence electrons. The predicted molar refractivity (Wildman–Crippen MR) is 142 cm³/mol. The zero-order chi connectivity index (χ0) is 27.1. The smallest absolute Gasteiger partial charge is 0.223 e. The lowest BCUT2D eigenvalue weighted by atomic mass is 9.83. The molecule has 0 unspecified atom stereocenters. The van der Waals surface area contributed by atoms with E-state index in [4.69, 9.17) is 16.3 Å². The molecular formula is C27H34ClFN6O2. The van der Waals surface area contributed by atoms with Gasteiger partial charge in [0.05, 0.1) is 46.6 Å². The molecular weight excluding hydrogens is 495 g/mol. The Hall–Kier alpha value is -2.80. The molecule has 1 fully saturated rings. The fraction of sp³-hybridized carbons (Fsp3) is 0.556. The Labute approximate surface area is 221 Å². The first-order chi connectivity index (χ1) is 17.4. The third-order valence-corrected chi connectivity index (χ3v) is 6.85. The van der Waals surface area contributed by atoms with Crippen LogP contribution in [-0.2, 0) is 10.3 Å². The summed E-state index contributed by atoms with van der Waals surface area (Å²) < 4.78 is 23.0. The molecule has 2 N–H and O–H groups in total. The molecule has 3 aromatic rings. The summed E-state index contributed by atoms with van der Waals surface area (Å²) in [6.07, 6.45) is 3.85. The number of hydrogen-bond donors (Lipinski definition) is 2. The van der Waals surface area contributed by atoms with Crippen molar-refractivity contribution in [2.45, 2.75) is 90.7 Å². The molecule has 3 atom stereocenters. The summed E-state index contributed by atoms with van der Waals surface area (Å²) in [5, 5.41) is 24.0. The van der Waals surface area contributed by atoms with E-state index in [0.29, 0.717) is 35.0 Å². The Kier molecular flexibility index (Phi) is 7.75. The van der Waals surface area contributed by atoms with Gasteiger partial charge in [0.15, 0.2) is 5.82 Å². The lowest BCUT2D eigenvalue weighted by Gasteiger charge is -2.33. The van der Waals surface area contributed by atoms with Crippen LogP contribution >= 0.6 is 11.6 Å². The fourth-order valence-corrected chi connectivity index (χ4v) is 5.20. The molecule has 0 amide bonds. The lowest BCUT2D eigenvalue weighted by molar-refractivity contribution is -0.0204. The van der Waals surface area contributed by atoms with Crippen molar-refractivity contribution in [1.82, 2.24) is 19.5 Å². The zero-order valence-electron chi connectivity index (χ0n) is 22.1. The van der Waals surface area contributed by atoms with Crippen LogP contribution in [0.2, 0.25) is 5.02 Å². The van der Waals surface area contributed by atoms with Crippen LogP contribution in [0.5, 0.6) is 0 Å². The number of hydrogen-bond acceptors (Lipinski definition) is 7. The Morgan fingerprint density at radius 1 is 1.24 bits per heavy atom. The minimum Gasteiger partial charge on any atom is -0.383 e. The summed E-state index contributed by atoms with van der Waals surface area (Å²) in [7, 11) is 0. The SMILES string of the molecule is CC(C)O[C@@H]1CC[C@H](Nc2ncc(Cl)c(-c3cc(F)c4nc(C(C)(C)O)n(C(C)C)c4c3)n2)[C@@H](C#N)C1. The number of aliphatic hydroxyl groups is 1. The number of aromatic nitrogens is 4. The number of rotatable bonds is 7. The molecule has 37 heavy (non-hydrogen) atoms. The maximum atomic E-state index is 15.3. The Morgan fingerprint density at radius 2 is 1.97 bits per heavy atom. The van der Waals surface area contributed by atoms with Crippen LogP contribution in [0.1, 0.15) is 72.7 Å². The van der Waals surface area contributed by atoms with Crippen LogP contribution in [0.3, 0.4) is 0 Å². The third-order valence-electron chi connectivity index (χ3n) is 6.58. The van der Waals surface area contributed by atoms with Gasteiger partial charge in [-0.2, -0.15) is 5.26 Å². The molecule has 2 aromatic heterocycles. The minimum absolute atomic E-state index is 0.0543. The van der Waals surface area contributed by atoms with E-state index in [0.717, 1.165) is 12.8 Å². The Balaban J connectivity index is 1.69. The molecule has 0 radical (unpaired) electrons. The summed E-state index contributed by atoms with van der Waals surface area (Å²) in [5.74, 6) is -0.0866. The summed E-state index contributed by atoms with van der Waals surface area (Å²) >= 11 is 6.47. The van der Waals surface area contributed by atoms with E-state index in [1.807, 2.05) is 32.3 Å². The van der Waals surface area contributed by atoms with Crippen LogP contribution in [-0.4, -0.2) is 42.9 Å². The van der Waals surface area contributed by atoms with Gasteiger partial charge < -0.3 is 19.7 Å². The van der Waals surface area contributed by atoms with Crippen LogP contribution in [0, 0.1) is 23.1 Å². The summed E-state index contributed by atoms with van der Waals surface area (Å²) in [4.78, 5) is 13.4. The number of anilines is 1. The summed E-state index contributed by atoms with van der Waals surface area (Å²) in [6, 6.07) is 5.31. The predicted octanol–water partition coefficient (Wildman–Crippen LogP) is 5.99. The van der Waals surface area contributed by atoms with Gasteiger partial charge in [-0.1, -0.05) is 11.6 Å². The Bertz CT molecular complexity index is 1330. The maximum absolute atomic E-state index is 15.3. The number of halogens is 2. The van der Waals surface area contributed by atoms with Crippen molar-refractivity contribution < 1.29 is 14.2 Å². The fourth-order valence-electron chi connectivity index (χ4n) is 5.00. The van der Waals surface area contributed by atoms with Gasteiger partial charge in [0.2, 0.25) is 5.95 Å². The first kappa shape index (κ1) is 27.2. The monoisotopic (exact) mass is 528 g/mol. The molecule has 1 aliphatic carbocycles. The molecule has 1 saturated carbocycles. The molecule has 10 heteroatoms. The van der Waals surface area contributed by atoms with Crippen LogP contribution in [0.15, 0.2) is 18.3 Å². The van der Waals surface area contributed by atoms with Crippen molar-refractivity contribution in [3.8, 4) is 17.3 Å². The maximum Gasteiger partial charge on any atom is 0.223 e. The van der Waals surface area contributed by atoms with E-state index in [-0.39, 0.29) is 40.7 Å². The second-order valence-electron chi connectivity index (χ2n) is 10.8. The molecule has 4 rings (SSSR count). The van der Waals surface area contributed by atoms with Gasteiger partial charge in [-0.05, 0) is 72.9 Å². The van der Waals surface area contributed by atoms with Gasteiger partial charge in [0.25, 0.3) is 0 Å². The second kappa shape index (κ2) is 10.5. The van der Waals surface area contributed by atoms with E-state index in [1.54, 1.807) is 19.9 Å². The average molecular weight is 529 g/mol. The molecule has 0 aliphatic heterocycles. The zero-order valence-corrected chi connectivity index (χ0v) is 22.8. The molecule has 8 nitrogen and oxygen atoms in total. The van der Waals surface area contributed by atoms with Gasteiger partial charge in [-0.15, -0.1) is 0 Å². The number of ether oxygens (including phenoxy) is 1. The van der Waals surface area contributed by atoms with Gasteiger partial charge in [0.1, 0.15) is 16.9 Å². The summed E-state index contributed by atoms with van der Waals surface area (Å²) in [6.45, 7) is 11.1. The van der Waals surface area contributed by atoms with E-state index >= 15 is 4.39 Å². The van der Waals surface area contributed by atoms with E-state index in [2.05, 4.69) is 26.3 Å². The van der Waals surface area contributed by atoms with Gasteiger partial charge >= 0.3 is 0 Å². The van der Waals surface area contributed by atoms with Crippen LogP contribution < -0.4 is 5.32 Å². The Morgan fingerprint density at radius 3 is 2.59 bits per heavy atom. The highest BCUT2D eigenvalue weighted by atomic mass is 35.5. The highest BCUT2D eigenvalue weighted by Gasteiger charge is 2.32. The summed E-state index contributed by atoms with van der Waals surface area (Å²) in [5.41, 5.74) is 0.299. The number of nitrogens with one attached hydrogen (secondary N) is 1. The average Bonchev–Trinajstić information content (AvgIpc) is 3.22. The van der Waals surface area contributed by atoms with Crippen molar-refractivity contribution >= 4 is 28.6 Å². The number of benzene rings is 1. The first-order valence-electron chi connectivity index (χ1n) is 12.7. The number of imidazole rings is 1. The molecule has 2 heterocycles. The van der Waals surface area contributed by atoms with Crippen LogP contribution in [0.4, 0.5) is 10.3 Å². The molecule has 1 aliphatic rings. The van der Waals surface area contributed by atoms with Crippen molar-refractivity contribution in [2.24, 2.45) is 5.92 Å². The standard InChI is InChI=1S/C27H34ClFN6O2/c1-14(2)35-22-11-16(10-20(29)24(22)33-25(35)27(5,6)36)23-19(28)13-31-26(34-23)32-21-8-7-18(37-15(3)4)9-17(21)12-30/h10-11,13-15,17-18,21,36H,7-9H2,1-6H3,(H,31,32,34)/t17-,18-,21+/m1/s1. The van der Waals surface area contributed by atoms with Crippen molar-refractivity contribution in [3.63, 3.8) is 0 Å². The molecule has 0 spiro atoms. The normalized spacial score (nSPS) is 20.5. The molecule has 0 bridgehead atoms. The quantitative estimate of drug-likeness (QED) is 0.387. The minimum atomic E-state index is -1.25. The van der Waals surface area contributed by atoms with Gasteiger partial charge in [-0.25, -0.2) is 19.3 Å². The first-order valence-corrected chi connectivity index (χ1v) is 13.1. The van der Waals surface area contributed by atoms with Crippen molar-refractivity contribution in [2.75, 3.05) is 5.32 Å². The number of fused-ring (bicyclic) bond motifs is 1. The third kappa shape index (κ3) is 5.71.